The van der Waals surface area contributed by atoms with E-state index in [2.05, 4.69) is 9.62 Å². The molecule has 2 heterocycles. The lowest BCUT2D eigenvalue weighted by Crippen LogP contribution is -2.45. The highest BCUT2D eigenvalue weighted by Gasteiger charge is 2.39. The van der Waals surface area contributed by atoms with Crippen LogP contribution in [0.1, 0.15) is 74.7 Å². The van der Waals surface area contributed by atoms with E-state index in [0.29, 0.717) is 13.0 Å². The Balaban J connectivity index is 1.18. The minimum atomic E-state index is -3.62. The molecular formula is C40H46N2O7S. The highest BCUT2D eigenvalue weighted by molar-refractivity contribution is 7.89. The van der Waals surface area contributed by atoms with Gasteiger partial charge in [-0.3, -0.25) is 9.69 Å². The Morgan fingerprint density at radius 3 is 2.30 bits per heavy atom. The number of carbonyl (C=O) groups excluding carboxylic acids is 1. The van der Waals surface area contributed by atoms with Gasteiger partial charge in [-0.15, -0.1) is 0 Å². The monoisotopic (exact) mass is 698 g/mol. The minimum absolute atomic E-state index is 0.0280. The van der Waals surface area contributed by atoms with E-state index in [0.717, 1.165) is 52.8 Å². The smallest absolute Gasteiger partial charge is 0.323 e. The molecule has 4 unspecified atom stereocenters. The zero-order chi connectivity index (χ0) is 35.3. The van der Waals surface area contributed by atoms with Gasteiger partial charge >= 0.3 is 5.97 Å². The largest absolute Gasteiger partial charge is 0.459 e. The Morgan fingerprint density at radius 2 is 1.60 bits per heavy atom. The number of benzene rings is 4. The summed E-state index contributed by atoms with van der Waals surface area (Å²) in [6, 6.07) is 31.7. The maximum absolute atomic E-state index is 13.1. The van der Waals surface area contributed by atoms with Crippen LogP contribution in [0, 0.1) is 0 Å². The van der Waals surface area contributed by atoms with E-state index in [9.17, 15) is 18.3 Å². The second-order valence-corrected chi connectivity index (χ2v) is 15.8. The lowest BCUT2D eigenvalue weighted by molar-refractivity contribution is -0.253. The number of hydrogen-bond donors (Lipinski definition) is 2. The molecule has 0 amide bonds. The first-order chi connectivity index (χ1) is 24.0. The van der Waals surface area contributed by atoms with Gasteiger partial charge in [0.1, 0.15) is 11.6 Å². The van der Waals surface area contributed by atoms with Gasteiger partial charge in [0.25, 0.3) is 0 Å². The molecule has 9 nitrogen and oxygen atoms in total. The summed E-state index contributed by atoms with van der Waals surface area (Å²) in [5.74, 6) is -0.192. The van der Waals surface area contributed by atoms with Crippen LogP contribution in [0.2, 0.25) is 0 Å². The average Bonchev–Trinajstić information content (AvgIpc) is 3.59. The number of nitrogens with one attached hydrogen (secondary N) is 1. The van der Waals surface area contributed by atoms with E-state index in [1.807, 2.05) is 93.6 Å². The zero-order valence-electron chi connectivity index (χ0n) is 28.8. The number of likely N-dealkylation sites (tertiary alicyclic amines) is 1. The highest BCUT2D eigenvalue weighted by atomic mass is 32.2. The van der Waals surface area contributed by atoms with Crippen molar-refractivity contribution in [3.63, 3.8) is 0 Å². The predicted molar refractivity (Wildman–Crippen MR) is 191 cm³/mol. The minimum Gasteiger partial charge on any atom is -0.459 e. The first kappa shape index (κ1) is 35.9. The lowest BCUT2D eigenvalue weighted by atomic mass is 9.98. The first-order valence-electron chi connectivity index (χ1n) is 17.2. The normalized spacial score (nSPS) is 21.6. The molecule has 2 fully saturated rings. The van der Waals surface area contributed by atoms with E-state index >= 15 is 0 Å². The van der Waals surface area contributed by atoms with Crippen LogP contribution in [0.3, 0.4) is 0 Å². The second kappa shape index (κ2) is 15.6. The summed E-state index contributed by atoms with van der Waals surface area (Å²) in [6.45, 7) is 7.19. The number of esters is 1. The molecule has 264 valence electrons. The van der Waals surface area contributed by atoms with Gasteiger partial charge in [0.15, 0.2) is 6.29 Å². The zero-order valence-corrected chi connectivity index (χ0v) is 29.6. The van der Waals surface area contributed by atoms with Crippen LogP contribution < -0.4 is 4.72 Å². The van der Waals surface area contributed by atoms with E-state index < -0.39 is 21.9 Å². The summed E-state index contributed by atoms with van der Waals surface area (Å²) in [5.41, 5.74) is 4.93. The third kappa shape index (κ3) is 9.06. The third-order valence-corrected chi connectivity index (χ3v) is 10.5. The highest BCUT2D eigenvalue weighted by Crippen LogP contribution is 2.39. The molecule has 6 rings (SSSR count). The molecule has 0 radical (unpaired) electrons. The van der Waals surface area contributed by atoms with Gasteiger partial charge < -0.3 is 19.3 Å². The lowest BCUT2D eigenvalue weighted by Gasteiger charge is -2.38. The van der Waals surface area contributed by atoms with Crippen molar-refractivity contribution < 1.29 is 32.5 Å². The number of ether oxygens (including phenoxy) is 3. The molecule has 50 heavy (non-hydrogen) atoms. The maximum Gasteiger partial charge on any atom is 0.323 e. The Labute approximate surface area is 295 Å². The summed E-state index contributed by atoms with van der Waals surface area (Å²) >= 11 is 0. The molecule has 0 bridgehead atoms. The quantitative estimate of drug-likeness (QED) is 0.167. The molecule has 2 N–H and O–H groups in total. The molecule has 0 aliphatic carbocycles. The molecule has 4 aromatic rings. The van der Waals surface area contributed by atoms with Gasteiger partial charge in [0.05, 0.1) is 23.7 Å². The molecule has 0 aromatic heterocycles. The average molecular weight is 699 g/mol. The van der Waals surface area contributed by atoms with Gasteiger partial charge in [-0.25, -0.2) is 13.1 Å². The Kier molecular flexibility index (Phi) is 11.2. The van der Waals surface area contributed by atoms with Crippen molar-refractivity contribution >= 4 is 16.0 Å². The number of nitrogens with zero attached hydrogens (tertiary/aromatic N) is 1. The molecule has 2 saturated heterocycles. The number of aliphatic hydroxyl groups excluding tert-OH is 1. The molecule has 4 aromatic carbocycles. The Morgan fingerprint density at radius 1 is 0.880 bits per heavy atom. The maximum atomic E-state index is 13.1. The Bertz CT molecular complexity index is 1840. The van der Waals surface area contributed by atoms with Crippen molar-refractivity contribution in [2.24, 2.45) is 0 Å². The van der Waals surface area contributed by atoms with Gasteiger partial charge in [0.2, 0.25) is 10.0 Å². The number of sulfonamides is 1. The van der Waals surface area contributed by atoms with Crippen molar-refractivity contribution in [2.75, 3.05) is 13.1 Å². The van der Waals surface area contributed by atoms with Crippen LogP contribution in [0.4, 0.5) is 0 Å². The molecule has 10 heteroatoms. The van der Waals surface area contributed by atoms with Gasteiger partial charge in [-0.2, -0.15) is 0 Å². The summed E-state index contributed by atoms with van der Waals surface area (Å²) in [5, 5.41) is 9.57. The SMILES string of the molecule is CC(C)(C)OC(=O)C1CCCN1CC1CC(c2ccc(CO)cc2)OC(c2ccc(-c3cccc(CNS(=O)(=O)c4ccccc4)c3)cc2)O1. The van der Waals surface area contributed by atoms with Crippen molar-refractivity contribution in [3.05, 3.63) is 125 Å². The number of hydrogen-bond acceptors (Lipinski definition) is 8. The summed E-state index contributed by atoms with van der Waals surface area (Å²) < 4.78 is 47.1. The van der Waals surface area contributed by atoms with Crippen LogP contribution in [0.5, 0.6) is 0 Å². The van der Waals surface area contributed by atoms with Gasteiger partial charge in [-0.05, 0) is 86.2 Å². The van der Waals surface area contributed by atoms with Crippen LogP contribution in [0.25, 0.3) is 11.1 Å². The molecule has 2 aliphatic heterocycles. The van der Waals surface area contributed by atoms with Crippen molar-refractivity contribution in [1.82, 2.24) is 9.62 Å². The Hall–Kier alpha value is -3.90. The number of rotatable bonds is 11. The second-order valence-electron chi connectivity index (χ2n) is 14.0. The van der Waals surface area contributed by atoms with Crippen molar-refractivity contribution in [3.8, 4) is 11.1 Å². The predicted octanol–water partition coefficient (Wildman–Crippen LogP) is 6.68. The van der Waals surface area contributed by atoms with E-state index in [4.69, 9.17) is 14.2 Å². The van der Waals surface area contributed by atoms with E-state index in [1.165, 1.54) is 0 Å². The fourth-order valence-electron chi connectivity index (χ4n) is 6.53. The topological polar surface area (TPSA) is 114 Å². The summed E-state index contributed by atoms with van der Waals surface area (Å²) in [4.78, 5) is 15.5. The number of carbonyl (C=O) groups is 1. The molecular weight excluding hydrogens is 653 g/mol. The fraction of sp³-hybridized carbons (Fsp3) is 0.375. The molecule has 2 aliphatic rings. The van der Waals surface area contributed by atoms with Crippen LogP contribution in [-0.2, 0) is 42.2 Å². The van der Waals surface area contributed by atoms with Crippen molar-refractivity contribution in [1.29, 1.82) is 0 Å². The van der Waals surface area contributed by atoms with E-state index in [1.54, 1.807) is 30.3 Å². The molecule has 0 spiro atoms. The third-order valence-electron chi connectivity index (χ3n) is 9.06. The standard InChI is InChI=1S/C40H46N2O7S/c1-40(2,3)49-38(44)36-13-8-22-42(36)26-34-24-37(31-16-14-28(27-43)15-17-31)48-39(47-34)32-20-18-30(19-21-32)33-10-7-9-29(23-33)25-41-50(45,46)35-11-5-4-6-12-35/h4-7,9-12,14-21,23,34,36-37,39,41,43H,8,13,22,24-27H2,1-3H3. The fourth-order valence-corrected chi connectivity index (χ4v) is 7.57. The first-order valence-corrected chi connectivity index (χ1v) is 18.7. The van der Waals surface area contributed by atoms with Crippen LogP contribution in [0.15, 0.2) is 108 Å². The van der Waals surface area contributed by atoms with Crippen LogP contribution in [-0.4, -0.2) is 55.2 Å². The number of aliphatic hydroxyl groups is 1. The van der Waals surface area contributed by atoms with Gasteiger partial charge in [0, 0.05) is 25.1 Å². The van der Waals surface area contributed by atoms with Gasteiger partial charge in [-0.1, -0.05) is 84.9 Å². The summed E-state index contributed by atoms with van der Waals surface area (Å²) in [7, 11) is -3.62. The van der Waals surface area contributed by atoms with Crippen LogP contribution >= 0.6 is 0 Å². The molecule has 4 atom stereocenters. The molecule has 0 saturated carbocycles. The van der Waals surface area contributed by atoms with Crippen molar-refractivity contribution in [2.45, 2.75) is 88.2 Å². The summed E-state index contributed by atoms with van der Waals surface area (Å²) in [6.07, 6.45) is 1.22. The van der Waals surface area contributed by atoms with E-state index in [-0.39, 0.29) is 42.3 Å².